The predicted octanol–water partition coefficient (Wildman–Crippen LogP) is 5.71. The zero-order valence-corrected chi connectivity index (χ0v) is 22.2. The number of rotatable bonds is 8. The van der Waals surface area contributed by atoms with Gasteiger partial charge in [0.25, 0.3) is 5.91 Å². The summed E-state index contributed by atoms with van der Waals surface area (Å²) >= 11 is 0. The van der Waals surface area contributed by atoms with Gasteiger partial charge in [-0.1, -0.05) is 26.3 Å². The van der Waals surface area contributed by atoms with Crippen LogP contribution in [0.1, 0.15) is 70.0 Å². The summed E-state index contributed by atoms with van der Waals surface area (Å²) < 4.78 is 18.3. The number of benzene rings is 1. The van der Waals surface area contributed by atoms with Crippen LogP contribution in [0.25, 0.3) is 0 Å². The maximum atomic E-state index is 13.9. The normalized spacial score (nSPS) is 23.2. The van der Waals surface area contributed by atoms with Crippen LogP contribution >= 0.6 is 0 Å². The minimum atomic E-state index is -0.643. The minimum absolute atomic E-state index is 0.0228. The van der Waals surface area contributed by atoms with Crippen LogP contribution < -0.4 is 14.4 Å². The van der Waals surface area contributed by atoms with Gasteiger partial charge in [-0.2, -0.15) is 0 Å². The highest BCUT2D eigenvalue weighted by atomic mass is 16.5. The van der Waals surface area contributed by atoms with Crippen molar-refractivity contribution in [2.45, 2.75) is 71.9 Å². The lowest BCUT2D eigenvalue weighted by molar-refractivity contribution is -0.131. The van der Waals surface area contributed by atoms with Gasteiger partial charge in [0.1, 0.15) is 11.9 Å². The van der Waals surface area contributed by atoms with Crippen molar-refractivity contribution in [1.29, 1.82) is 0 Å². The van der Waals surface area contributed by atoms with Gasteiger partial charge >= 0.3 is 0 Å². The van der Waals surface area contributed by atoms with E-state index in [0.29, 0.717) is 42.0 Å². The number of hydrogen-bond acceptors (Lipinski definition) is 6. The van der Waals surface area contributed by atoms with Gasteiger partial charge in [-0.3, -0.25) is 14.5 Å². The van der Waals surface area contributed by atoms with Crippen LogP contribution in [0.2, 0.25) is 0 Å². The number of aromatic nitrogens is 1. The average molecular weight is 505 g/mol. The van der Waals surface area contributed by atoms with Crippen molar-refractivity contribution in [3.63, 3.8) is 0 Å². The Morgan fingerprint density at radius 3 is 2.65 bits per heavy atom. The van der Waals surface area contributed by atoms with Crippen LogP contribution in [-0.2, 0) is 14.3 Å². The summed E-state index contributed by atoms with van der Waals surface area (Å²) in [6.45, 7) is 9.26. The van der Waals surface area contributed by atoms with E-state index in [9.17, 15) is 9.59 Å². The first-order chi connectivity index (χ1) is 17.9. The highest BCUT2D eigenvalue weighted by Gasteiger charge is 2.52. The molecule has 0 saturated heterocycles. The van der Waals surface area contributed by atoms with Gasteiger partial charge in [0, 0.05) is 6.20 Å². The van der Waals surface area contributed by atoms with Crippen LogP contribution in [-0.4, -0.2) is 36.0 Å². The smallest absolute Gasteiger partial charge is 0.295 e. The molecule has 1 aromatic heterocycles. The van der Waals surface area contributed by atoms with Gasteiger partial charge < -0.3 is 14.2 Å². The summed E-state index contributed by atoms with van der Waals surface area (Å²) in [6.07, 6.45) is 5.98. The standard InChI is InChI=1S/C30H36N2O5/c1-5-35-24-17-20(10-11-23(24)36-15-13-18(2)3)27-26-28(33)21-8-6-7-9-22(21)37-29(26)30(34)32(27)25-16-19(4)12-14-31-25/h10-12,14,16-18,21-22,27H,5-9,13,15H2,1-4H3. The molecule has 2 aromatic rings. The lowest BCUT2D eigenvalue weighted by atomic mass is 9.77. The van der Waals surface area contributed by atoms with Gasteiger partial charge in [-0.25, -0.2) is 4.98 Å². The fraction of sp³-hybridized carbons (Fsp3) is 0.500. The van der Waals surface area contributed by atoms with E-state index in [1.54, 1.807) is 11.1 Å². The van der Waals surface area contributed by atoms with Crippen molar-refractivity contribution in [3.8, 4) is 11.5 Å². The molecule has 7 heteroatoms. The monoisotopic (exact) mass is 504 g/mol. The Labute approximate surface area is 218 Å². The molecular weight excluding hydrogens is 468 g/mol. The first kappa shape index (κ1) is 25.3. The van der Waals surface area contributed by atoms with Crippen LogP contribution in [0.15, 0.2) is 47.9 Å². The summed E-state index contributed by atoms with van der Waals surface area (Å²) in [5, 5.41) is 0. The van der Waals surface area contributed by atoms with Crippen molar-refractivity contribution in [2.75, 3.05) is 18.1 Å². The van der Waals surface area contributed by atoms with Crippen molar-refractivity contribution < 1.29 is 23.8 Å². The molecule has 0 bridgehead atoms. The summed E-state index contributed by atoms with van der Waals surface area (Å²) in [5.74, 6) is 1.96. The first-order valence-electron chi connectivity index (χ1n) is 13.5. The summed E-state index contributed by atoms with van der Waals surface area (Å²) in [6, 6.07) is 8.81. The molecule has 3 atom stereocenters. The molecule has 2 aliphatic heterocycles. The van der Waals surface area contributed by atoms with Crippen LogP contribution in [0.5, 0.6) is 11.5 Å². The molecule has 3 heterocycles. The fourth-order valence-corrected chi connectivity index (χ4v) is 5.54. The second-order valence-corrected chi connectivity index (χ2v) is 10.6. The zero-order valence-electron chi connectivity index (χ0n) is 22.2. The fourth-order valence-electron chi connectivity index (χ4n) is 5.54. The molecule has 0 N–H and O–H groups in total. The number of fused-ring (bicyclic) bond motifs is 1. The van der Waals surface area contributed by atoms with Crippen molar-refractivity contribution in [3.05, 3.63) is 59.0 Å². The number of anilines is 1. The number of Topliss-reactive ketones (excluding diaryl/α,β-unsaturated/α-hetero) is 1. The number of carbonyl (C=O) groups is 2. The topological polar surface area (TPSA) is 78.0 Å². The number of nitrogens with zero attached hydrogens (tertiary/aromatic N) is 2. The molecule has 7 nitrogen and oxygen atoms in total. The van der Waals surface area contributed by atoms with Crippen LogP contribution in [0, 0.1) is 18.8 Å². The van der Waals surface area contributed by atoms with E-state index in [-0.39, 0.29) is 29.5 Å². The SMILES string of the molecule is CCOc1cc(C2C3=C(OC4CCCCC4C3=O)C(=O)N2c2cc(C)ccn2)ccc1OCCC(C)C. The van der Waals surface area contributed by atoms with E-state index in [4.69, 9.17) is 14.2 Å². The number of ether oxygens (including phenoxy) is 3. The Hall–Kier alpha value is -3.35. The molecule has 196 valence electrons. The molecule has 1 saturated carbocycles. The Bertz CT molecular complexity index is 1220. The van der Waals surface area contributed by atoms with Crippen LogP contribution in [0.4, 0.5) is 5.82 Å². The molecule has 5 rings (SSSR count). The number of carbonyl (C=O) groups excluding carboxylic acids is 2. The maximum absolute atomic E-state index is 13.9. The molecule has 1 amide bonds. The van der Waals surface area contributed by atoms with Gasteiger partial charge in [0.15, 0.2) is 23.0 Å². The number of ketones is 1. The van der Waals surface area contributed by atoms with E-state index in [0.717, 1.165) is 43.2 Å². The molecule has 1 aliphatic carbocycles. The molecule has 0 spiro atoms. The lowest BCUT2D eigenvalue weighted by Gasteiger charge is -2.35. The van der Waals surface area contributed by atoms with Crippen molar-refractivity contribution in [1.82, 2.24) is 4.98 Å². The van der Waals surface area contributed by atoms with Crippen molar-refractivity contribution in [2.24, 2.45) is 11.8 Å². The van der Waals surface area contributed by atoms with E-state index >= 15 is 0 Å². The molecule has 3 aliphatic rings. The third-order valence-corrected chi connectivity index (χ3v) is 7.45. The largest absolute Gasteiger partial charge is 0.490 e. The van der Waals surface area contributed by atoms with E-state index in [1.807, 2.05) is 44.2 Å². The summed E-state index contributed by atoms with van der Waals surface area (Å²) in [4.78, 5) is 33.9. The van der Waals surface area contributed by atoms with Gasteiger partial charge in [0.2, 0.25) is 0 Å². The van der Waals surface area contributed by atoms with E-state index in [2.05, 4.69) is 18.8 Å². The molecule has 1 fully saturated rings. The number of hydrogen-bond donors (Lipinski definition) is 0. The average Bonchev–Trinajstić information content (AvgIpc) is 3.17. The van der Waals surface area contributed by atoms with Gasteiger partial charge in [0.05, 0.1) is 30.7 Å². The third kappa shape index (κ3) is 4.83. The molecule has 37 heavy (non-hydrogen) atoms. The molecule has 3 unspecified atom stereocenters. The highest BCUT2D eigenvalue weighted by Crippen LogP contribution is 2.49. The molecular formula is C30H36N2O5. The number of amides is 1. The quantitative estimate of drug-likeness (QED) is 0.458. The summed E-state index contributed by atoms with van der Waals surface area (Å²) in [5.41, 5.74) is 2.19. The van der Waals surface area contributed by atoms with Gasteiger partial charge in [-0.05, 0) is 80.8 Å². The number of aryl methyl sites for hydroxylation is 1. The zero-order chi connectivity index (χ0) is 26.1. The molecule has 1 aromatic carbocycles. The Kier molecular flexibility index (Phi) is 7.22. The van der Waals surface area contributed by atoms with Crippen LogP contribution in [0.3, 0.4) is 0 Å². The Morgan fingerprint density at radius 1 is 1.08 bits per heavy atom. The Balaban J connectivity index is 1.59. The second kappa shape index (κ2) is 10.6. The van der Waals surface area contributed by atoms with Crippen molar-refractivity contribution >= 4 is 17.5 Å². The lowest BCUT2D eigenvalue weighted by Crippen LogP contribution is -2.39. The molecule has 0 radical (unpaired) electrons. The second-order valence-electron chi connectivity index (χ2n) is 10.6. The summed E-state index contributed by atoms with van der Waals surface area (Å²) in [7, 11) is 0. The Morgan fingerprint density at radius 2 is 1.89 bits per heavy atom. The maximum Gasteiger partial charge on any atom is 0.295 e. The van der Waals surface area contributed by atoms with E-state index < -0.39 is 6.04 Å². The minimum Gasteiger partial charge on any atom is -0.490 e. The first-order valence-corrected chi connectivity index (χ1v) is 13.5. The predicted molar refractivity (Wildman–Crippen MR) is 141 cm³/mol. The highest BCUT2D eigenvalue weighted by molar-refractivity contribution is 6.17. The van der Waals surface area contributed by atoms with Gasteiger partial charge in [-0.15, -0.1) is 0 Å². The third-order valence-electron chi connectivity index (χ3n) is 7.45. The number of pyridine rings is 1. The van der Waals surface area contributed by atoms with E-state index in [1.165, 1.54) is 0 Å².